The predicted molar refractivity (Wildman–Crippen MR) is 109 cm³/mol. The third-order valence-corrected chi connectivity index (χ3v) is 7.48. The fourth-order valence-corrected chi connectivity index (χ4v) is 5.42. The normalized spacial score (nSPS) is 17.5. The van der Waals surface area contributed by atoms with Gasteiger partial charge in [-0.05, 0) is 37.8 Å². The van der Waals surface area contributed by atoms with E-state index in [1.807, 2.05) is 0 Å². The molecule has 4 heterocycles. The monoisotopic (exact) mass is 432 g/mol. The molecule has 1 amide bonds. The van der Waals surface area contributed by atoms with Gasteiger partial charge in [0.1, 0.15) is 5.69 Å². The molecular weight excluding hydrogens is 408 g/mol. The molecule has 2 aliphatic heterocycles. The lowest BCUT2D eigenvalue weighted by Crippen LogP contribution is -2.30. The Labute approximate surface area is 174 Å². The van der Waals surface area contributed by atoms with Crippen molar-refractivity contribution >= 4 is 21.7 Å². The minimum Gasteiger partial charge on any atom is -0.356 e. The Balaban J connectivity index is 1.52. The maximum Gasteiger partial charge on any atom is 0.270 e. The topological polar surface area (TPSA) is 113 Å². The van der Waals surface area contributed by atoms with Crippen LogP contribution >= 0.6 is 0 Å². The van der Waals surface area contributed by atoms with Crippen molar-refractivity contribution in [1.29, 1.82) is 0 Å². The molecule has 0 atom stereocenters. The molecule has 0 spiro atoms. The molecule has 2 fully saturated rings. The average Bonchev–Trinajstić information content (AvgIpc) is 3.51. The molecule has 0 saturated carbocycles. The summed E-state index contributed by atoms with van der Waals surface area (Å²) in [5.41, 5.74) is 0.142. The Kier molecular flexibility index (Phi) is 5.61. The molecule has 0 aromatic carbocycles. The maximum absolute atomic E-state index is 12.7. The summed E-state index contributed by atoms with van der Waals surface area (Å²) in [5, 5.41) is 0. The van der Waals surface area contributed by atoms with Crippen LogP contribution in [0.15, 0.2) is 40.3 Å². The summed E-state index contributed by atoms with van der Waals surface area (Å²) >= 11 is 0. The number of rotatable bonds is 6. The number of ketones is 1. The second-order valence-corrected chi connectivity index (χ2v) is 9.60. The molecule has 10 heteroatoms. The molecule has 2 aliphatic rings. The van der Waals surface area contributed by atoms with Crippen molar-refractivity contribution in [3.8, 4) is 0 Å². The number of H-pyrrole nitrogens is 1. The van der Waals surface area contributed by atoms with Gasteiger partial charge in [-0.25, -0.2) is 8.42 Å². The van der Waals surface area contributed by atoms with Crippen LogP contribution < -0.4 is 5.56 Å². The van der Waals surface area contributed by atoms with Gasteiger partial charge in [0.05, 0.1) is 11.4 Å². The Morgan fingerprint density at radius 2 is 1.67 bits per heavy atom. The quantitative estimate of drug-likeness (QED) is 0.687. The van der Waals surface area contributed by atoms with Gasteiger partial charge in [-0.15, -0.1) is 0 Å². The van der Waals surface area contributed by atoms with E-state index in [1.54, 1.807) is 4.90 Å². The molecule has 0 bridgehead atoms. The molecule has 4 rings (SSSR count). The van der Waals surface area contributed by atoms with Crippen molar-refractivity contribution < 1.29 is 18.0 Å². The SMILES string of the molecule is O=C(Cn1cc(S(=O)(=O)N2CCCC2)ccc1=O)c1c[nH]c(C(=O)N2CCCC2)c1. The van der Waals surface area contributed by atoms with E-state index in [-0.39, 0.29) is 28.7 Å². The highest BCUT2D eigenvalue weighted by molar-refractivity contribution is 7.89. The lowest BCUT2D eigenvalue weighted by atomic mass is 10.2. The van der Waals surface area contributed by atoms with Gasteiger partial charge < -0.3 is 14.5 Å². The Morgan fingerprint density at radius 3 is 2.37 bits per heavy atom. The van der Waals surface area contributed by atoms with Gasteiger partial charge in [0.2, 0.25) is 10.0 Å². The number of carbonyl (C=O) groups is 2. The van der Waals surface area contributed by atoms with E-state index in [4.69, 9.17) is 0 Å². The number of aromatic nitrogens is 2. The molecule has 1 N–H and O–H groups in total. The largest absolute Gasteiger partial charge is 0.356 e. The number of aromatic amines is 1. The third kappa shape index (κ3) is 3.97. The van der Waals surface area contributed by atoms with Gasteiger partial charge in [0.15, 0.2) is 5.78 Å². The van der Waals surface area contributed by atoms with Crippen LogP contribution in [-0.4, -0.2) is 65.0 Å². The number of hydrogen-bond acceptors (Lipinski definition) is 5. The smallest absolute Gasteiger partial charge is 0.270 e. The van der Waals surface area contributed by atoms with Crippen LogP contribution in [0.25, 0.3) is 0 Å². The fourth-order valence-electron chi connectivity index (χ4n) is 3.88. The van der Waals surface area contributed by atoms with Crippen molar-refractivity contribution in [3.05, 3.63) is 52.2 Å². The molecular formula is C20H24N4O5S. The highest BCUT2D eigenvalue weighted by atomic mass is 32.2. The standard InChI is InChI=1S/C20H24N4O5S/c25-18(15-11-17(21-12-15)20(27)22-7-1-2-8-22)14-23-13-16(5-6-19(23)26)30(28,29)24-9-3-4-10-24/h5-6,11-13,21H,1-4,7-10,14H2. The van der Waals surface area contributed by atoms with Crippen molar-refractivity contribution in [2.45, 2.75) is 37.1 Å². The predicted octanol–water partition coefficient (Wildman–Crippen LogP) is 1.08. The van der Waals surface area contributed by atoms with E-state index in [9.17, 15) is 22.8 Å². The second kappa shape index (κ2) is 8.19. The zero-order valence-corrected chi connectivity index (χ0v) is 17.4. The van der Waals surface area contributed by atoms with E-state index in [1.165, 1.54) is 28.8 Å². The highest BCUT2D eigenvalue weighted by Crippen LogP contribution is 2.20. The summed E-state index contributed by atoms with van der Waals surface area (Å²) < 4.78 is 28.0. The number of carbonyl (C=O) groups excluding carboxylic acids is 2. The molecule has 0 radical (unpaired) electrons. The maximum atomic E-state index is 12.7. The lowest BCUT2D eigenvalue weighted by Gasteiger charge is -2.16. The summed E-state index contributed by atoms with van der Waals surface area (Å²) in [7, 11) is -3.69. The number of nitrogens with one attached hydrogen (secondary N) is 1. The van der Waals surface area contributed by atoms with Crippen LogP contribution in [0.1, 0.15) is 46.5 Å². The molecule has 160 valence electrons. The number of Topliss-reactive ketones (excluding diaryl/α,β-unsaturated/α-hetero) is 1. The molecule has 2 aromatic heterocycles. The second-order valence-electron chi connectivity index (χ2n) is 7.67. The van der Waals surface area contributed by atoms with Crippen LogP contribution in [0.5, 0.6) is 0 Å². The van der Waals surface area contributed by atoms with E-state index < -0.39 is 15.6 Å². The van der Waals surface area contributed by atoms with Gasteiger partial charge in [-0.3, -0.25) is 14.4 Å². The number of sulfonamides is 1. The van der Waals surface area contributed by atoms with Gasteiger partial charge in [0.25, 0.3) is 11.5 Å². The van der Waals surface area contributed by atoms with Crippen molar-refractivity contribution in [2.24, 2.45) is 0 Å². The number of likely N-dealkylation sites (tertiary alicyclic amines) is 1. The number of amides is 1. The van der Waals surface area contributed by atoms with Crippen molar-refractivity contribution in [3.63, 3.8) is 0 Å². The highest BCUT2D eigenvalue weighted by Gasteiger charge is 2.28. The van der Waals surface area contributed by atoms with Crippen LogP contribution in [0.2, 0.25) is 0 Å². The molecule has 2 aromatic rings. The van der Waals surface area contributed by atoms with Gasteiger partial charge in [0, 0.05) is 50.2 Å². The Hall–Kier alpha value is -2.72. The van der Waals surface area contributed by atoms with E-state index in [0.717, 1.165) is 36.3 Å². The number of hydrogen-bond donors (Lipinski definition) is 1. The van der Waals surface area contributed by atoms with Gasteiger partial charge in [-0.1, -0.05) is 0 Å². The molecule has 0 unspecified atom stereocenters. The molecule has 30 heavy (non-hydrogen) atoms. The first-order valence-electron chi connectivity index (χ1n) is 10.1. The number of nitrogens with zero attached hydrogens (tertiary/aromatic N) is 3. The summed E-state index contributed by atoms with van der Waals surface area (Å²) in [6, 6.07) is 3.93. The first-order chi connectivity index (χ1) is 14.4. The third-order valence-electron chi connectivity index (χ3n) is 5.60. The molecule has 0 aliphatic carbocycles. The summed E-state index contributed by atoms with van der Waals surface area (Å²) in [6.45, 7) is 2.01. The van der Waals surface area contributed by atoms with Crippen LogP contribution in [-0.2, 0) is 16.6 Å². The average molecular weight is 433 g/mol. The van der Waals surface area contributed by atoms with E-state index >= 15 is 0 Å². The minimum absolute atomic E-state index is 0.00392. The first-order valence-corrected chi connectivity index (χ1v) is 11.5. The Bertz CT molecular complexity index is 1120. The lowest BCUT2D eigenvalue weighted by molar-refractivity contribution is 0.0787. The summed E-state index contributed by atoms with van der Waals surface area (Å²) in [4.78, 5) is 41.9. The summed E-state index contributed by atoms with van der Waals surface area (Å²) in [6.07, 6.45) is 6.22. The first kappa shape index (κ1) is 20.5. The zero-order chi connectivity index (χ0) is 21.3. The zero-order valence-electron chi connectivity index (χ0n) is 16.5. The van der Waals surface area contributed by atoms with Crippen molar-refractivity contribution in [1.82, 2.24) is 18.8 Å². The van der Waals surface area contributed by atoms with E-state index in [2.05, 4.69) is 4.98 Å². The molecule has 9 nitrogen and oxygen atoms in total. The number of pyridine rings is 1. The van der Waals surface area contributed by atoms with Crippen LogP contribution in [0.4, 0.5) is 0 Å². The minimum atomic E-state index is -3.69. The van der Waals surface area contributed by atoms with Gasteiger partial charge in [-0.2, -0.15) is 4.31 Å². The van der Waals surface area contributed by atoms with Crippen LogP contribution in [0.3, 0.4) is 0 Å². The Morgan fingerprint density at radius 1 is 1.00 bits per heavy atom. The van der Waals surface area contributed by atoms with E-state index in [0.29, 0.717) is 31.9 Å². The summed E-state index contributed by atoms with van der Waals surface area (Å²) in [5.74, 6) is -0.535. The van der Waals surface area contributed by atoms with Gasteiger partial charge >= 0.3 is 0 Å². The molecule has 2 saturated heterocycles. The fraction of sp³-hybridized carbons (Fsp3) is 0.450. The van der Waals surface area contributed by atoms with Crippen LogP contribution in [0, 0.1) is 0 Å². The van der Waals surface area contributed by atoms with Crippen molar-refractivity contribution in [2.75, 3.05) is 26.2 Å².